The van der Waals surface area contributed by atoms with E-state index in [1.807, 2.05) is 39.9 Å². The number of halogens is 1. The number of carbonyl (C=O) groups excluding carboxylic acids is 1. The predicted molar refractivity (Wildman–Crippen MR) is 153 cm³/mol. The molecule has 2 fully saturated rings. The molecular formula is C30H30FN7O4. The average Bonchev–Trinajstić information content (AvgIpc) is 3.64. The van der Waals surface area contributed by atoms with Crippen LogP contribution in [0.1, 0.15) is 40.5 Å². The fraction of sp³-hybridized carbons (Fsp3) is 0.367. The van der Waals surface area contributed by atoms with Gasteiger partial charge < -0.3 is 19.5 Å². The van der Waals surface area contributed by atoms with Crippen molar-refractivity contribution >= 4 is 34.2 Å². The number of para-hydroxylation sites is 1. The number of aromatic nitrogens is 4. The minimum absolute atomic E-state index is 0.0955. The monoisotopic (exact) mass is 571 g/mol. The van der Waals surface area contributed by atoms with Crippen molar-refractivity contribution < 1.29 is 19.1 Å². The highest BCUT2D eigenvalue weighted by atomic mass is 19.1. The summed E-state index contributed by atoms with van der Waals surface area (Å²) in [4.78, 5) is 42.9. The highest BCUT2D eigenvalue weighted by Gasteiger charge is 2.29. The lowest BCUT2D eigenvalue weighted by molar-refractivity contribution is -0.117. The number of anilines is 2. The first-order valence-electron chi connectivity index (χ1n) is 14.2. The van der Waals surface area contributed by atoms with Crippen LogP contribution in [0.25, 0.3) is 10.9 Å². The van der Waals surface area contributed by atoms with Crippen molar-refractivity contribution in [2.45, 2.75) is 38.4 Å². The van der Waals surface area contributed by atoms with Crippen LogP contribution in [0.2, 0.25) is 0 Å². The summed E-state index contributed by atoms with van der Waals surface area (Å²) in [5.74, 6) is -1.73. The number of hydrogen-bond acceptors (Lipinski definition) is 7. The molecule has 1 amide bonds. The van der Waals surface area contributed by atoms with E-state index in [0.717, 1.165) is 29.8 Å². The number of nitrogens with zero attached hydrogens (tertiary/aromatic N) is 7. The summed E-state index contributed by atoms with van der Waals surface area (Å²) < 4.78 is 18.9. The van der Waals surface area contributed by atoms with Gasteiger partial charge in [-0.05, 0) is 36.6 Å². The zero-order valence-corrected chi connectivity index (χ0v) is 22.9. The summed E-state index contributed by atoms with van der Waals surface area (Å²) >= 11 is 0. The van der Waals surface area contributed by atoms with Gasteiger partial charge in [-0.2, -0.15) is 0 Å². The van der Waals surface area contributed by atoms with Crippen molar-refractivity contribution in [3.8, 4) is 0 Å². The molecule has 42 heavy (non-hydrogen) atoms. The van der Waals surface area contributed by atoms with Gasteiger partial charge in [0, 0.05) is 68.8 Å². The van der Waals surface area contributed by atoms with Crippen molar-refractivity contribution in [2.24, 2.45) is 0 Å². The zero-order chi connectivity index (χ0) is 29.0. The Bertz CT molecular complexity index is 1770. The fourth-order valence-electron chi connectivity index (χ4n) is 6.07. The van der Waals surface area contributed by atoms with Crippen LogP contribution in [0.5, 0.6) is 0 Å². The van der Waals surface area contributed by atoms with Crippen molar-refractivity contribution in [3.05, 3.63) is 81.7 Å². The van der Waals surface area contributed by atoms with Crippen molar-refractivity contribution in [1.29, 1.82) is 0 Å². The second-order valence-corrected chi connectivity index (χ2v) is 11.2. The van der Waals surface area contributed by atoms with Crippen molar-refractivity contribution in [1.82, 2.24) is 24.5 Å². The molecule has 1 N–H and O–H groups in total. The number of aromatic carboxylic acids is 1. The van der Waals surface area contributed by atoms with Gasteiger partial charge in [0.25, 0.3) is 0 Å². The van der Waals surface area contributed by atoms with Crippen LogP contribution in [0.15, 0.2) is 53.6 Å². The highest BCUT2D eigenvalue weighted by Crippen LogP contribution is 2.38. The van der Waals surface area contributed by atoms with Gasteiger partial charge in [0.2, 0.25) is 11.3 Å². The number of carbonyl (C=O) groups is 2. The van der Waals surface area contributed by atoms with Crippen molar-refractivity contribution in [2.75, 3.05) is 42.5 Å². The average molecular weight is 572 g/mol. The zero-order valence-electron chi connectivity index (χ0n) is 22.9. The number of piperazine rings is 1. The molecule has 2 aromatic carbocycles. The van der Waals surface area contributed by atoms with E-state index in [1.165, 1.54) is 12.3 Å². The van der Waals surface area contributed by atoms with Crippen LogP contribution in [0.4, 0.5) is 15.8 Å². The Morgan fingerprint density at radius 2 is 1.79 bits per heavy atom. The molecular weight excluding hydrogens is 541 g/mol. The van der Waals surface area contributed by atoms with E-state index in [1.54, 1.807) is 15.6 Å². The maximum Gasteiger partial charge on any atom is 0.341 e. The van der Waals surface area contributed by atoms with E-state index in [4.69, 9.17) is 0 Å². The first kappa shape index (κ1) is 26.3. The second-order valence-electron chi connectivity index (χ2n) is 11.2. The summed E-state index contributed by atoms with van der Waals surface area (Å²) in [6, 6.07) is 10.9. The molecule has 3 aliphatic rings. The third-order valence-corrected chi connectivity index (χ3v) is 8.43. The molecule has 1 saturated carbocycles. The van der Waals surface area contributed by atoms with E-state index < -0.39 is 17.2 Å². The van der Waals surface area contributed by atoms with Gasteiger partial charge in [0.1, 0.15) is 11.4 Å². The largest absolute Gasteiger partial charge is 0.477 e. The minimum atomic E-state index is -1.30. The predicted octanol–water partition coefficient (Wildman–Crippen LogP) is 2.68. The van der Waals surface area contributed by atoms with Gasteiger partial charge >= 0.3 is 5.97 Å². The summed E-state index contributed by atoms with van der Waals surface area (Å²) in [6.45, 7) is 4.25. The first-order chi connectivity index (χ1) is 20.4. The quantitative estimate of drug-likeness (QED) is 0.343. The molecule has 2 aromatic heterocycles. The molecule has 0 unspecified atom stereocenters. The number of rotatable bonds is 8. The highest BCUT2D eigenvalue weighted by molar-refractivity contribution is 6.01. The fourth-order valence-corrected chi connectivity index (χ4v) is 6.07. The molecule has 12 heteroatoms. The van der Waals surface area contributed by atoms with E-state index >= 15 is 4.39 Å². The van der Waals surface area contributed by atoms with E-state index in [9.17, 15) is 19.5 Å². The molecule has 4 aromatic rings. The lowest BCUT2D eigenvalue weighted by Crippen LogP contribution is -2.46. The van der Waals surface area contributed by atoms with Gasteiger partial charge in [-0.25, -0.2) is 9.18 Å². The first-order valence-corrected chi connectivity index (χ1v) is 14.2. The van der Waals surface area contributed by atoms with Gasteiger partial charge in [-0.15, -0.1) is 5.10 Å². The maximum absolute atomic E-state index is 15.3. The molecule has 0 bridgehead atoms. The Balaban J connectivity index is 1.000. The van der Waals surface area contributed by atoms with E-state index in [-0.39, 0.29) is 22.9 Å². The number of pyridine rings is 1. The molecule has 0 spiro atoms. The number of benzene rings is 2. The minimum Gasteiger partial charge on any atom is -0.477 e. The lowest BCUT2D eigenvalue weighted by atomic mass is 10.1. The molecule has 1 saturated heterocycles. The lowest BCUT2D eigenvalue weighted by Gasteiger charge is -2.36. The summed E-state index contributed by atoms with van der Waals surface area (Å²) in [7, 11) is 0. The standard InChI is InChI=1S/C30H30FN7O4/c31-24-14-22-26(38(21-5-6-21)18-23(29(22)40)30(41)42)15-27(24)35-9-7-34(8-10-35)16-20-17-36(33-32-20)11-12-37-25-4-2-1-3-19(25)13-28(37)39/h1-4,14-15,17-18,21H,5-13,16H2,(H,41,42). The van der Waals surface area contributed by atoms with Gasteiger partial charge in [0.05, 0.1) is 29.9 Å². The summed E-state index contributed by atoms with van der Waals surface area (Å²) in [5, 5.41) is 18.2. The molecule has 4 heterocycles. The Labute approximate surface area is 240 Å². The topological polar surface area (TPSA) is 117 Å². The summed E-state index contributed by atoms with van der Waals surface area (Å²) in [6.07, 6.45) is 5.54. The molecule has 1 aliphatic carbocycles. The number of amides is 1. The van der Waals surface area contributed by atoms with Crippen molar-refractivity contribution in [3.63, 3.8) is 0 Å². The smallest absolute Gasteiger partial charge is 0.341 e. The van der Waals surface area contributed by atoms with Crippen LogP contribution in [-0.2, 0) is 24.3 Å². The number of hydrogen-bond donors (Lipinski definition) is 1. The molecule has 216 valence electrons. The molecule has 0 radical (unpaired) electrons. The normalized spacial score (nSPS) is 17.3. The van der Waals surface area contributed by atoms with Crippen LogP contribution >= 0.6 is 0 Å². The molecule has 2 aliphatic heterocycles. The summed E-state index contributed by atoms with van der Waals surface area (Å²) in [5.41, 5.74) is 2.84. The maximum atomic E-state index is 15.3. The van der Waals surface area contributed by atoms with Gasteiger partial charge in [-0.1, -0.05) is 23.4 Å². The Hall–Kier alpha value is -4.58. The van der Waals surface area contributed by atoms with Crippen LogP contribution < -0.4 is 15.2 Å². The Morgan fingerprint density at radius 1 is 1.00 bits per heavy atom. The number of fused-ring (bicyclic) bond motifs is 2. The Morgan fingerprint density at radius 3 is 2.55 bits per heavy atom. The number of carboxylic acids is 1. The van der Waals surface area contributed by atoms with E-state index in [0.29, 0.717) is 63.4 Å². The molecule has 11 nitrogen and oxygen atoms in total. The molecule has 0 atom stereocenters. The van der Waals surface area contributed by atoms with Gasteiger partial charge in [0.15, 0.2) is 0 Å². The van der Waals surface area contributed by atoms with Crippen LogP contribution in [-0.4, -0.2) is 74.2 Å². The van der Waals surface area contributed by atoms with E-state index in [2.05, 4.69) is 15.2 Å². The third kappa shape index (κ3) is 4.81. The SMILES string of the molecule is O=C(O)c1cn(C2CC2)c2cc(N3CCN(Cc4cn(CCN5C(=O)Cc6ccccc65)nn4)CC3)c(F)cc2c1=O. The second kappa shape index (κ2) is 10.4. The van der Waals surface area contributed by atoms with Crippen LogP contribution in [0, 0.1) is 5.82 Å². The number of carboxylic acid groups (broad SMARTS) is 1. The molecule has 7 rings (SSSR count). The van der Waals surface area contributed by atoms with Gasteiger partial charge in [-0.3, -0.25) is 19.2 Å². The Kier molecular flexibility index (Phi) is 6.49. The third-order valence-electron chi connectivity index (χ3n) is 8.43. The van der Waals surface area contributed by atoms with Crippen LogP contribution in [0.3, 0.4) is 0 Å².